The van der Waals surface area contributed by atoms with Gasteiger partial charge in [0.05, 0.1) is 39.6 Å². The van der Waals surface area contributed by atoms with Crippen molar-refractivity contribution in [2.24, 2.45) is 10.2 Å². The zero-order valence-electron chi connectivity index (χ0n) is 16.4. The van der Waals surface area contributed by atoms with Crippen LogP contribution in [0.2, 0.25) is 0 Å². The normalized spacial score (nSPS) is 21.2. The van der Waals surface area contributed by atoms with E-state index in [0.717, 1.165) is 18.2 Å². The van der Waals surface area contributed by atoms with Gasteiger partial charge in [-0.1, -0.05) is 17.8 Å². The van der Waals surface area contributed by atoms with Crippen molar-refractivity contribution in [3.8, 4) is 11.5 Å². The Bertz CT molecular complexity index is 824. The van der Waals surface area contributed by atoms with Crippen LogP contribution in [-0.4, -0.2) is 66.8 Å². The lowest BCUT2D eigenvalue weighted by molar-refractivity contribution is -0.183. The van der Waals surface area contributed by atoms with E-state index in [9.17, 15) is 9.59 Å². The molecule has 2 aliphatic heterocycles. The monoisotopic (exact) mass is 437 g/mol. The highest BCUT2D eigenvalue weighted by Crippen LogP contribution is 2.30. The van der Waals surface area contributed by atoms with Crippen LogP contribution >= 0.6 is 11.8 Å². The van der Waals surface area contributed by atoms with Crippen molar-refractivity contribution < 1.29 is 33.6 Å². The average molecular weight is 437 g/mol. The second kappa shape index (κ2) is 11.0. The fourth-order valence-corrected chi connectivity index (χ4v) is 3.71. The number of nitrogens with zero attached hydrogens (tertiary/aromatic N) is 2. The molecular weight excluding hydrogens is 414 g/mol. The summed E-state index contributed by atoms with van der Waals surface area (Å²) in [4.78, 5) is 22.5. The number of nitrogens with one attached hydrogen (secondary N) is 1. The van der Waals surface area contributed by atoms with Crippen molar-refractivity contribution in [3.05, 3.63) is 23.8 Å². The lowest BCUT2D eigenvalue weighted by atomic mass is 10.2. The summed E-state index contributed by atoms with van der Waals surface area (Å²) < 4.78 is 22.3. The Balaban J connectivity index is 1.63. The Labute approximate surface area is 177 Å². The van der Waals surface area contributed by atoms with E-state index in [0.29, 0.717) is 43.3 Å². The molecule has 11 heteroatoms. The summed E-state index contributed by atoms with van der Waals surface area (Å²) in [5.74, 6) is -0.391. The number of carboxylic acids is 1. The fraction of sp³-hybridized carbons (Fsp3) is 0.474. The molecule has 0 aromatic heterocycles. The van der Waals surface area contributed by atoms with E-state index in [-0.39, 0.29) is 17.9 Å². The van der Waals surface area contributed by atoms with E-state index >= 15 is 0 Å². The van der Waals surface area contributed by atoms with Crippen molar-refractivity contribution >= 4 is 35.0 Å². The van der Waals surface area contributed by atoms with Crippen LogP contribution in [0.1, 0.15) is 24.8 Å². The van der Waals surface area contributed by atoms with Gasteiger partial charge in [0.1, 0.15) is 5.25 Å². The zero-order valence-corrected chi connectivity index (χ0v) is 17.2. The van der Waals surface area contributed by atoms with Crippen molar-refractivity contribution in [2.45, 2.75) is 30.8 Å². The molecule has 0 bridgehead atoms. The number of para-hydroxylation sites is 1. The van der Waals surface area contributed by atoms with Gasteiger partial charge in [-0.25, -0.2) is 0 Å². The second-order valence-corrected chi connectivity index (χ2v) is 7.58. The molecule has 2 saturated heterocycles. The molecule has 0 spiro atoms. The molecule has 2 aliphatic rings. The van der Waals surface area contributed by atoms with Gasteiger partial charge in [0.25, 0.3) is 0 Å². The number of carbonyl (C=O) groups is 2. The molecule has 0 saturated carbocycles. The predicted octanol–water partition coefficient (Wildman–Crippen LogP) is 1.62. The number of benzene rings is 1. The lowest BCUT2D eigenvalue weighted by Gasteiger charge is -2.23. The number of methoxy groups -OCH3 is 1. The number of ether oxygens (including phenoxy) is 4. The lowest BCUT2D eigenvalue weighted by Crippen LogP contribution is -2.26. The first-order valence-corrected chi connectivity index (χ1v) is 10.3. The molecule has 1 atom stereocenters. The van der Waals surface area contributed by atoms with Crippen LogP contribution in [-0.2, 0) is 19.1 Å². The SMILES string of the molecule is COc1cccc(C=NN=C2NC(=O)C(CC(=O)O)S2)c1OCCC1OCCCO1. The molecule has 162 valence electrons. The number of rotatable bonds is 9. The van der Waals surface area contributed by atoms with Crippen LogP contribution in [0.5, 0.6) is 11.5 Å². The summed E-state index contributed by atoms with van der Waals surface area (Å²) in [5.41, 5.74) is 0.639. The summed E-state index contributed by atoms with van der Waals surface area (Å²) >= 11 is 1.03. The van der Waals surface area contributed by atoms with Crippen molar-refractivity contribution in [3.63, 3.8) is 0 Å². The zero-order chi connectivity index (χ0) is 21.3. The standard InChI is InChI=1S/C19H23N3O7S/c1-26-13-5-2-4-12(17(13)29-9-6-16-27-7-3-8-28-16)11-20-22-19-21-18(25)14(30-19)10-15(23)24/h2,4-5,11,14,16H,3,6-10H2,1H3,(H,23,24)(H,21,22,25). The van der Waals surface area contributed by atoms with Crippen LogP contribution in [0.15, 0.2) is 28.4 Å². The number of carboxylic acid groups (broad SMARTS) is 1. The minimum atomic E-state index is -1.05. The first-order chi connectivity index (χ1) is 14.6. The number of hydrogen-bond donors (Lipinski definition) is 2. The van der Waals surface area contributed by atoms with E-state index in [1.165, 1.54) is 6.21 Å². The molecule has 0 radical (unpaired) electrons. The first kappa shape index (κ1) is 22.1. The molecule has 30 heavy (non-hydrogen) atoms. The van der Waals surface area contributed by atoms with Gasteiger partial charge in [-0.3, -0.25) is 9.59 Å². The molecular formula is C19H23N3O7S. The molecule has 1 aromatic carbocycles. The van der Waals surface area contributed by atoms with Crippen LogP contribution in [0.25, 0.3) is 0 Å². The van der Waals surface area contributed by atoms with E-state index in [1.54, 1.807) is 25.3 Å². The maximum absolute atomic E-state index is 11.8. The molecule has 1 amide bonds. The molecule has 3 rings (SSSR count). The van der Waals surface area contributed by atoms with Crippen LogP contribution in [0, 0.1) is 0 Å². The summed E-state index contributed by atoms with van der Waals surface area (Å²) in [6.07, 6.45) is 2.39. The minimum absolute atomic E-state index is 0.250. The molecule has 1 unspecified atom stereocenters. The highest BCUT2D eigenvalue weighted by molar-refractivity contribution is 8.15. The Morgan fingerprint density at radius 1 is 1.40 bits per heavy atom. The summed E-state index contributed by atoms with van der Waals surface area (Å²) in [7, 11) is 1.55. The maximum atomic E-state index is 11.8. The average Bonchev–Trinajstić information content (AvgIpc) is 3.08. The smallest absolute Gasteiger partial charge is 0.305 e. The fourth-order valence-electron chi connectivity index (χ4n) is 2.80. The van der Waals surface area contributed by atoms with Crippen LogP contribution < -0.4 is 14.8 Å². The molecule has 1 aromatic rings. The third kappa shape index (κ3) is 6.18. The number of amidine groups is 1. The Kier molecular flexibility index (Phi) is 8.05. The summed E-state index contributed by atoms with van der Waals surface area (Å²) in [6.45, 7) is 1.72. The van der Waals surface area contributed by atoms with Crippen LogP contribution in [0.4, 0.5) is 0 Å². The third-order valence-electron chi connectivity index (χ3n) is 4.21. The Morgan fingerprint density at radius 3 is 2.93 bits per heavy atom. The minimum Gasteiger partial charge on any atom is -0.493 e. The number of aliphatic carboxylic acids is 1. The van der Waals surface area contributed by atoms with Gasteiger partial charge < -0.3 is 29.4 Å². The van der Waals surface area contributed by atoms with Gasteiger partial charge in [0, 0.05) is 12.0 Å². The van der Waals surface area contributed by atoms with Crippen molar-refractivity contribution in [2.75, 3.05) is 26.9 Å². The molecule has 2 fully saturated rings. The third-order valence-corrected chi connectivity index (χ3v) is 5.28. The maximum Gasteiger partial charge on any atom is 0.305 e. The van der Waals surface area contributed by atoms with E-state index < -0.39 is 17.1 Å². The Morgan fingerprint density at radius 2 is 2.20 bits per heavy atom. The number of thioether (sulfide) groups is 1. The van der Waals surface area contributed by atoms with E-state index in [1.807, 2.05) is 0 Å². The van der Waals surface area contributed by atoms with Gasteiger partial charge in [-0.05, 0) is 18.6 Å². The Hall–Kier alpha value is -2.63. The number of amides is 1. The molecule has 2 heterocycles. The molecule has 0 aliphatic carbocycles. The molecule has 2 N–H and O–H groups in total. The number of carbonyl (C=O) groups excluding carboxylic acids is 1. The first-order valence-electron chi connectivity index (χ1n) is 9.40. The summed E-state index contributed by atoms with van der Waals surface area (Å²) in [5, 5.41) is 18.9. The quantitative estimate of drug-likeness (QED) is 0.441. The highest BCUT2D eigenvalue weighted by Gasteiger charge is 2.32. The highest BCUT2D eigenvalue weighted by atomic mass is 32.2. The van der Waals surface area contributed by atoms with Crippen molar-refractivity contribution in [1.82, 2.24) is 5.32 Å². The van der Waals surface area contributed by atoms with Gasteiger partial charge >= 0.3 is 5.97 Å². The predicted molar refractivity (Wildman–Crippen MR) is 110 cm³/mol. The van der Waals surface area contributed by atoms with Gasteiger partial charge in [-0.15, -0.1) is 5.10 Å². The second-order valence-electron chi connectivity index (χ2n) is 6.38. The van der Waals surface area contributed by atoms with Gasteiger partial charge in [0.2, 0.25) is 5.91 Å². The van der Waals surface area contributed by atoms with E-state index in [4.69, 9.17) is 24.1 Å². The van der Waals surface area contributed by atoms with Crippen LogP contribution in [0.3, 0.4) is 0 Å². The summed E-state index contributed by atoms with van der Waals surface area (Å²) in [6, 6.07) is 5.36. The van der Waals surface area contributed by atoms with Crippen molar-refractivity contribution in [1.29, 1.82) is 0 Å². The van der Waals surface area contributed by atoms with Gasteiger partial charge in [0.15, 0.2) is 23.0 Å². The molecule has 10 nitrogen and oxygen atoms in total. The van der Waals surface area contributed by atoms with E-state index in [2.05, 4.69) is 15.5 Å². The van der Waals surface area contributed by atoms with Gasteiger partial charge in [-0.2, -0.15) is 5.10 Å². The largest absolute Gasteiger partial charge is 0.493 e. The number of hydrogen-bond acceptors (Lipinski definition) is 9. The topological polar surface area (TPSA) is 128 Å².